The van der Waals surface area contributed by atoms with Crippen molar-refractivity contribution in [3.05, 3.63) is 53.6 Å². The van der Waals surface area contributed by atoms with E-state index in [9.17, 15) is 18.0 Å². The van der Waals surface area contributed by atoms with Crippen LogP contribution in [-0.2, 0) is 6.18 Å². The van der Waals surface area contributed by atoms with Gasteiger partial charge in [0, 0.05) is 15.5 Å². The van der Waals surface area contributed by atoms with Crippen molar-refractivity contribution in [1.82, 2.24) is 0 Å². The first-order valence-corrected chi connectivity index (χ1v) is 6.57. The number of carboxylic acids is 1. The molecular formula is C14H10F3NO2S. The predicted molar refractivity (Wildman–Crippen MR) is 73.4 cm³/mol. The maximum Gasteiger partial charge on any atom is 0.416 e. The van der Waals surface area contributed by atoms with Crippen LogP contribution in [0.2, 0.25) is 0 Å². The Bertz CT molecular complexity index is 686. The molecule has 0 fully saturated rings. The summed E-state index contributed by atoms with van der Waals surface area (Å²) >= 11 is 1.02. The molecule has 0 aromatic heterocycles. The summed E-state index contributed by atoms with van der Waals surface area (Å²) in [5, 5.41) is 9.07. The zero-order valence-corrected chi connectivity index (χ0v) is 11.3. The zero-order chi connectivity index (χ0) is 15.6. The lowest BCUT2D eigenvalue weighted by Gasteiger charge is -2.11. The molecular weight excluding hydrogens is 303 g/mol. The minimum Gasteiger partial charge on any atom is -0.478 e. The van der Waals surface area contributed by atoms with Gasteiger partial charge in [0.15, 0.2) is 0 Å². The summed E-state index contributed by atoms with van der Waals surface area (Å²) in [5.41, 5.74) is 4.81. The molecule has 0 amide bonds. The summed E-state index contributed by atoms with van der Waals surface area (Å²) in [7, 11) is 0. The number of benzene rings is 2. The van der Waals surface area contributed by atoms with Crippen molar-refractivity contribution < 1.29 is 23.1 Å². The van der Waals surface area contributed by atoms with E-state index in [4.69, 9.17) is 10.8 Å². The largest absolute Gasteiger partial charge is 0.478 e. The van der Waals surface area contributed by atoms with Crippen LogP contribution >= 0.6 is 11.8 Å². The van der Waals surface area contributed by atoms with Gasteiger partial charge in [-0.3, -0.25) is 0 Å². The van der Waals surface area contributed by atoms with E-state index in [1.54, 1.807) is 18.2 Å². The molecule has 3 N–H and O–H groups in total. The molecule has 2 rings (SSSR count). The summed E-state index contributed by atoms with van der Waals surface area (Å²) in [4.78, 5) is 11.9. The number of halogens is 3. The fraction of sp³-hybridized carbons (Fsp3) is 0.0714. The average molecular weight is 313 g/mol. The van der Waals surface area contributed by atoms with Crippen LogP contribution in [0.4, 0.5) is 18.9 Å². The molecule has 0 radical (unpaired) electrons. The van der Waals surface area contributed by atoms with Gasteiger partial charge < -0.3 is 10.8 Å². The van der Waals surface area contributed by atoms with Gasteiger partial charge in [0.1, 0.15) is 0 Å². The molecule has 0 aliphatic carbocycles. The maximum atomic E-state index is 12.6. The summed E-state index contributed by atoms with van der Waals surface area (Å²) < 4.78 is 37.7. The number of anilines is 1. The van der Waals surface area contributed by atoms with E-state index in [0.29, 0.717) is 9.79 Å². The number of alkyl halides is 3. The van der Waals surface area contributed by atoms with Crippen LogP contribution in [0.25, 0.3) is 0 Å². The van der Waals surface area contributed by atoms with Crippen molar-refractivity contribution in [3.63, 3.8) is 0 Å². The first kappa shape index (κ1) is 15.2. The Kier molecular flexibility index (Phi) is 4.13. The topological polar surface area (TPSA) is 63.3 Å². The van der Waals surface area contributed by atoms with Crippen molar-refractivity contribution in [2.45, 2.75) is 16.0 Å². The fourth-order valence-electron chi connectivity index (χ4n) is 1.67. The van der Waals surface area contributed by atoms with Crippen molar-refractivity contribution in [1.29, 1.82) is 0 Å². The summed E-state index contributed by atoms with van der Waals surface area (Å²) in [5.74, 6) is -1.11. The van der Waals surface area contributed by atoms with Gasteiger partial charge in [-0.25, -0.2) is 4.79 Å². The lowest BCUT2D eigenvalue weighted by Crippen LogP contribution is -2.06. The van der Waals surface area contributed by atoms with Gasteiger partial charge in [0.05, 0.1) is 11.1 Å². The summed E-state index contributed by atoms with van der Waals surface area (Å²) in [6.45, 7) is 0. The van der Waals surface area contributed by atoms with Crippen molar-refractivity contribution in [2.75, 3.05) is 5.73 Å². The van der Waals surface area contributed by atoms with Crippen molar-refractivity contribution in [3.8, 4) is 0 Å². The second-order valence-corrected chi connectivity index (χ2v) is 5.24. The number of hydrogen-bond acceptors (Lipinski definition) is 3. The normalized spacial score (nSPS) is 11.4. The van der Waals surface area contributed by atoms with E-state index < -0.39 is 17.7 Å². The Labute approximate surface area is 122 Å². The highest BCUT2D eigenvalue weighted by atomic mass is 32.2. The molecule has 0 aliphatic heterocycles. The molecule has 3 nitrogen and oxygen atoms in total. The lowest BCUT2D eigenvalue weighted by atomic mass is 10.2. The summed E-state index contributed by atoms with van der Waals surface area (Å²) in [6.07, 6.45) is -4.46. The molecule has 0 spiro atoms. The first-order chi connectivity index (χ1) is 9.79. The van der Waals surface area contributed by atoms with Crippen LogP contribution in [0.15, 0.2) is 52.3 Å². The average Bonchev–Trinajstić information content (AvgIpc) is 2.40. The molecule has 2 aromatic carbocycles. The van der Waals surface area contributed by atoms with Crippen molar-refractivity contribution in [2.24, 2.45) is 0 Å². The molecule has 0 heterocycles. The Balaban J connectivity index is 2.35. The molecule has 110 valence electrons. The monoisotopic (exact) mass is 313 g/mol. The Morgan fingerprint density at radius 2 is 1.76 bits per heavy atom. The molecule has 0 saturated carbocycles. The minimum atomic E-state index is -4.46. The van der Waals surface area contributed by atoms with E-state index in [-0.39, 0.29) is 11.3 Å². The number of carboxylic acid groups (broad SMARTS) is 1. The van der Waals surface area contributed by atoms with Crippen molar-refractivity contribution >= 4 is 23.4 Å². The number of aromatic carboxylic acids is 1. The van der Waals surface area contributed by atoms with E-state index in [1.165, 1.54) is 12.1 Å². The second-order valence-electron chi connectivity index (χ2n) is 4.15. The third-order valence-electron chi connectivity index (χ3n) is 2.67. The van der Waals surface area contributed by atoms with E-state index in [1.807, 2.05) is 0 Å². The van der Waals surface area contributed by atoms with Gasteiger partial charge >= 0.3 is 12.1 Å². The highest BCUT2D eigenvalue weighted by Gasteiger charge is 2.30. The number of nitrogen functional groups attached to an aromatic ring is 1. The van der Waals surface area contributed by atoms with E-state index >= 15 is 0 Å². The van der Waals surface area contributed by atoms with Gasteiger partial charge in [-0.05, 0) is 30.3 Å². The molecule has 0 unspecified atom stereocenters. The quantitative estimate of drug-likeness (QED) is 0.836. The number of hydrogen-bond donors (Lipinski definition) is 2. The zero-order valence-electron chi connectivity index (χ0n) is 10.5. The molecule has 21 heavy (non-hydrogen) atoms. The highest BCUT2D eigenvalue weighted by molar-refractivity contribution is 7.99. The lowest BCUT2D eigenvalue weighted by molar-refractivity contribution is -0.137. The first-order valence-electron chi connectivity index (χ1n) is 5.76. The Morgan fingerprint density at radius 1 is 1.10 bits per heavy atom. The van der Waals surface area contributed by atoms with Gasteiger partial charge in [-0.15, -0.1) is 0 Å². The SMILES string of the molecule is Nc1cc(C(F)(F)F)ccc1Sc1ccccc1C(=O)O. The molecule has 2 aromatic rings. The smallest absolute Gasteiger partial charge is 0.416 e. The minimum absolute atomic E-state index is 0.0463. The van der Waals surface area contributed by atoms with Crippen LogP contribution in [0.1, 0.15) is 15.9 Å². The number of rotatable bonds is 3. The third kappa shape index (κ3) is 3.49. The summed E-state index contributed by atoms with van der Waals surface area (Å²) in [6, 6.07) is 9.21. The highest BCUT2D eigenvalue weighted by Crippen LogP contribution is 2.37. The van der Waals surface area contributed by atoms with E-state index in [0.717, 1.165) is 23.9 Å². The van der Waals surface area contributed by atoms with Gasteiger partial charge in [-0.1, -0.05) is 23.9 Å². The maximum absolute atomic E-state index is 12.6. The van der Waals surface area contributed by atoms with Crippen LogP contribution in [0.5, 0.6) is 0 Å². The Morgan fingerprint density at radius 3 is 2.33 bits per heavy atom. The predicted octanol–water partition coefficient (Wildman–Crippen LogP) is 4.14. The van der Waals surface area contributed by atoms with E-state index in [2.05, 4.69) is 0 Å². The number of carbonyl (C=O) groups is 1. The molecule has 0 bridgehead atoms. The molecule has 0 aliphatic rings. The van der Waals surface area contributed by atoms with Gasteiger partial charge in [0.25, 0.3) is 0 Å². The third-order valence-corrected chi connectivity index (χ3v) is 3.84. The van der Waals surface area contributed by atoms with Crippen LogP contribution in [0.3, 0.4) is 0 Å². The molecule has 7 heteroatoms. The molecule has 0 saturated heterocycles. The van der Waals surface area contributed by atoms with Crippen LogP contribution in [0, 0.1) is 0 Å². The Hall–Kier alpha value is -2.15. The standard InChI is InChI=1S/C14H10F3NO2S/c15-14(16,17)8-5-6-12(10(18)7-8)21-11-4-2-1-3-9(11)13(19)20/h1-7H,18H2,(H,19,20). The van der Waals surface area contributed by atoms with Gasteiger partial charge in [-0.2, -0.15) is 13.2 Å². The van der Waals surface area contributed by atoms with Crippen LogP contribution in [-0.4, -0.2) is 11.1 Å². The number of nitrogens with two attached hydrogens (primary N) is 1. The van der Waals surface area contributed by atoms with Gasteiger partial charge in [0.2, 0.25) is 0 Å². The van der Waals surface area contributed by atoms with Crippen LogP contribution < -0.4 is 5.73 Å². The second kappa shape index (κ2) is 5.69. The fourth-order valence-corrected chi connectivity index (χ4v) is 2.63. The molecule has 0 atom stereocenters.